The quantitative estimate of drug-likeness (QED) is 0.598. The summed E-state index contributed by atoms with van der Waals surface area (Å²) in [6, 6.07) is 25.5. The van der Waals surface area contributed by atoms with Crippen molar-refractivity contribution >= 4 is 0 Å². The molecule has 2 unspecified atom stereocenters. The smallest absolute Gasteiger partial charge is 0.184 e. The van der Waals surface area contributed by atoms with E-state index in [-0.39, 0.29) is 12.4 Å². The molecule has 3 aromatic carbocycles. The fourth-order valence-corrected chi connectivity index (χ4v) is 2.85. The molecule has 0 aliphatic carbocycles. The van der Waals surface area contributed by atoms with Gasteiger partial charge in [0.05, 0.1) is 6.61 Å². The second kappa shape index (κ2) is 8.25. The minimum Gasteiger partial charge on any atom is -0.491 e. The van der Waals surface area contributed by atoms with Crippen LogP contribution < -0.4 is 9.47 Å². The summed E-state index contributed by atoms with van der Waals surface area (Å²) in [5.41, 5.74) is 2.25. The summed E-state index contributed by atoms with van der Waals surface area (Å²) in [5, 5.41) is 0. The molecule has 0 N–H and O–H groups in total. The fourth-order valence-electron chi connectivity index (χ4n) is 2.85. The molecular formula is C23H22O4. The molecule has 27 heavy (non-hydrogen) atoms. The van der Waals surface area contributed by atoms with Crippen LogP contribution in [-0.2, 0) is 9.47 Å². The van der Waals surface area contributed by atoms with E-state index in [9.17, 15) is 0 Å². The van der Waals surface area contributed by atoms with E-state index in [4.69, 9.17) is 18.9 Å². The second-order valence-corrected chi connectivity index (χ2v) is 6.53. The molecule has 138 valence electrons. The van der Waals surface area contributed by atoms with Crippen molar-refractivity contribution < 1.29 is 18.9 Å². The van der Waals surface area contributed by atoms with Crippen molar-refractivity contribution in [1.82, 2.24) is 0 Å². The Morgan fingerprint density at radius 2 is 1.48 bits per heavy atom. The molecule has 3 aromatic rings. The Bertz CT molecular complexity index is 844. The molecule has 0 aromatic heterocycles. The predicted octanol–water partition coefficient (Wildman–Crippen LogP) is 5.28. The summed E-state index contributed by atoms with van der Waals surface area (Å²) in [6.45, 7) is 3.03. The van der Waals surface area contributed by atoms with Gasteiger partial charge in [-0.2, -0.15) is 0 Å². The lowest BCUT2D eigenvalue weighted by Gasteiger charge is -2.13. The SMILES string of the molecule is Cc1ccc(C2OCC(COc3ccc(Oc4ccccc4)cc3)O2)cc1. The minimum atomic E-state index is -0.319. The summed E-state index contributed by atoms with van der Waals surface area (Å²) in [7, 11) is 0. The van der Waals surface area contributed by atoms with Gasteiger partial charge >= 0.3 is 0 Å². The highest BCUT2D eigenvalue weighted by Crippen LogP contribution is 2.28. The third-order valence-electron chi connectivity index (χ3n) is 4.34. The third-order valence-corrected chi connectivity index (χ3v) is 4.34. The minimum absolute atomic E-state index is 0.0865. The highest BCUT2D eigenvalue weighted by molar-refractivity contribution is 5.35. The molecule has 0 spiro atoms. The lowest BCUT2D eigenvalue weighted by atomic mass is 10.1. The Hall–Kier alpha value is -2.82. The zero-order valence-electron chi connectivity index (χ0n) is 15.2. The van der Waals surface area contributed by atoms with E-state index in [1.165, 1.54) is 5.56 Å². The van der Waals surface area contributed by atoms with Crippen molar-refractivity contribution in [3.63, 3.8) is 0 Å². The van der Waals surface area contributed by atoms with Gasteiger partial charge in [0.1, 0.15) is 30.0 Å². The summed E-state index contributed by atoms with van der Waals surface area (Å²) < 4.78 is 23.3. The fraction of sp³-hybridized carbons (Fsp3) is 0.217. The highest BCUT2D eigenvalue weighted by atomic mass is 16.7. The summed E-state index contributed by atoms with van der Waals surface area (Å²) >= 11 is 0. The second-order valence-electron chi connectivity index (χ2n) is 6.53. The zero-order valence-corrected chi connectivity index (χ0v) is 15.2. The third kappa shape index (κ3) is 4.67. The standard InChI is InChI=1S/C23H22O4/c1-17-7-9-18(10-8-17)23-25-16-22(27-23)15-24-19-11-13-21(14-12-19)26-20-5-3-2-4-6-20/h2-14,22-23H,15-16H2,1H3. The first kappa shape index (κ1) is 17.6. The largest absolute Gasteiger partial charge is 0.491 e. The summed E-state index contributed by atoms with van der Waals surface area (Å²) in [6.07, 6.45) is -0.405. The Kier molecular flexibility index (Phi) is 5.37. The van der Waals surface area contributed by atoms with Crippen LogP contribution in [0.5, 0.6) is 17.2 Å². The molecular weight excluding hydrogens is 340 g/mol. The van der Waals surface area contributed by atoms with E-state index in [2.05, 4.69) is 19.1 Å². The number of hydrogen-bond donors (Lipinski definition) is 0. The van der Waals surface area contributed by atoms with Crippen LogP contribution >= 0.6 is 0 Å². The molecule has 4 rings (SSSR count). The molecule has 1 heterocycles. The average Bonchev–Trinajstić information content (AvgIpc) is 3.18. The predicted molar refractivity (Wildman–Crippen MR) is 103 cm³/mol. The lowest BCUT2D eigenvalue weighted by Crippen LogP contribution is -2.19. The van der Waals surface area contributed by atoms with Gasteiger partial charge in [-0.25, -0.2) is 0 Å². The Morgan fingerprint density at radius 3 is 2.22 bits per heavy atom. The molecule has 4 heteroatoms. The lowest BCUT2D eigenvalue weighted by molar-refractivity contribution is -0.0659. The van der Waals surface area contributed by atoms with E-state index in [0.29, 0.717) is 13.2 Å². The molecule has 4 nitrogen and oxygen atoms in total. The normalized spacial score (nSPS) is 19.0. The van der Waals surface area contributed by atoms with Crippen LogP contribution in [0.15, 0.2) is 78.9 Å². The monoisotopic (exact) mass is 362 g/mol. The van der Waals surface area contributed by atoms with Crippen LogP contribution in [0.2, 0.25) is 0 Å². The maximum atomic E-state index is 5.94. The number of aryl methyl sites for hydroxylation is 1. The number of benzene rings is 3. The topological polar surface area (TPSA) is 36.9 Å². The van der Waals surface area contributed by atoms with E-state index < -0.39 is 0 Å². The van der Waals surface area contributed by atoms with Crippen molar-refractivity contribution in [2.45, 2.75) is 19.3 Å². The number of ether oxygens (including phenoxy) is 4. The first-order valence-corrected chi connectivity index (χ1v) is 9.06. The number of hydrogen-bond acceptors (Lipinski definition) is 4. The van der Waals surface area contributed by atoms with Gasteiger partial charge in [-0.1, -0.05) is 48.0 Å². The van der Waals surface area contributed by atoms with Crippen molar-refractivity contribution in [2.75, 3.05) is 13.2 Å². The molecule has 0 bridgehead atoms. The van der Waals surface area contributed by atoms with Gasteiger partial charge in [0, 0.05) is 5.56 Å². The van der Waals surface area contributed by atoms with E-state index >= 15 is 0 Å². The van der Waals surface area contributed by atoms with Gasteiger partial charge in [0.2, 0.25) is 0 Å². The Morgan fingerprint density at radius 1 is 0.815 bits per heavy atom. The molecule has 0 radical (unpaired) electrons. The molecule has 1 aliphatic heterocycles. The summed E-state index contributed by atoms with van der Waals surface area (Å²) in [5.74, 6) is 2.36. The average molecular weight is 362 g/mol. The molecule has 0 saturated carbocycles. The molecule has 1 saturated heterocycles. The highest BCUT2D eigenvalue weighted by Gasteiger charge is 2.27. The molecule has 1 fully saturated rings. The summed E-state index contributed by atoms with van der Waals surface area (Å²) in [4.78, 5) is 0. The Balaban J connectivity index is 1.27. The van der Waals surface area contributed by atoms with Crippen LogP contribution in [0.1, 0.15) is 17.4 Å². The zero-order chi connectivity index (χ0) is 18.5. The molecule has 1 aliphatic rings. The maximum Gasteiger partial charge on any atom is 0.184 e. The van der Waals surface area contributed by atoms with Crippen LogP contribution in [-0.4, -0.2) is 19.3 Å². The van der Waals surface area contributed by atoms with Crippen molar-refractivity contribution in [2.24, 2.45) is 0 Å². The Labute approximate surface area is 159 Å². The van der Waals surface area contributed by atoms with Crippen molar-refractivity contribution in [3.05, 3.63) is 90.0 Å². The van der Waals surface area contributed by atoms with Gasteiger partial charge in [-0.15, -0.1) is 0 Å². The first-order valence-electron chi connectivity index (χ1n) is 9.06. The van der Waals surface area contributed by atoms with E-state index in [0.717, 1.165) is 22.8 Å². The van der Waals surface area contributed by atoms with Gasteiger partial charge < -0.3 is 18.9 Å². The van der Waals surface area contributed by atoms with E-state index in [1.807, 2.05) is 66.7 Å². The number of rotatable bonds is 6. The van der Waals surface area contributed by atoms with Crippen LogP contribution in [0.25, 0.3) is 0 Å². The maximum absolute atomic E-state index is 5.94. The van der Waals surface area contributed by atoms with Crippen LogP contribution in [0, 0.1) is 6.92 Å². The molecule has 0 amide bonds. The van der Waals surface area contributed by atoms with Crippen molar-refractivity contribution in [1.29, 1.82) is 0 Å². The van der Waals surface area contributed by atoms with Gasteiger partial charge in [0.15, 0.2) is 6.29 Å². The van der Waals surface area contributed by atoms with Crippen molar-refractivity contribution in [3.8, 4) is 17.2 Å². The van der Waals surface area contributed by atoms with Gasteiger partial charge in [-0.05, 0) is 43.3 Å². The van der Waals surface area contributed by atoms with Crippen LogP contribution in [0.4, 0.5) is 0 Å². The van der Waals surface area contributed by atoms with Gasteiger partial charge in [0.25, 0.3) is 0 Å². The van der Waals surface area contributed by atoms with E-state index in [1.54, 1.807) is 0 Å². The number of para-hydroxylation sites is 1. The molecule has 2 atom stereocenters. The first-order chi connectivity index (χ1) is 13.3. The van der Waals surface area contributed by atoms with Crippen LogP contribution in [0.3, 0.4) is 0 Å². The van der Waals surface area contributed by atoms with Gasteiger partial charge in [-0.3, -0.25) is 0 Å².